The molecule has 134 valence electrons. The Balaban J connectivity index is 2.63. The van der Waals surface area contributed by atoms with E-state index < -0.39 is 6.10 Å². The van der Waals surface area contributed by atoms with E-state index >= 15 is 0 Å². The van der Waals surface area contributed by atoms with Crippen LogP contribution in [0.3, 0.4) is 0 Å². The number of hydrogen-bond acceptors (Lipinski definition) is 3. The molecule has 1 rings (SSSR count). The smallest absolute Gasteiger partial charge is 0.251 e. The molecule has 5 heteroatoms. The second-order valence-corrected chi connectivity index (χ2v) is 7.17. The summed E-state index contributed by atoms with van der Waals surface area (Å²) in [5.74, 6) is 0.434. The van der Waals surface area contributed by atoms with Crippen molar-refractivity contribution in [3.8, 4) is 0 Å². The SMILES string of the molecule is Cc1cc(C(=O)NCC(O)CC(C)C)ccc1NC(=O)CC(C)C. The Kier molecular flexibility index (Phi) is 7.92. The number of anilines is 1. The van der Waals surface area contributed by atoms with E-state index in [4.69, 9.17) is 0 Å². The van der Waals surface area contributed by atoms with E-state index in [1.807, 2.05) is 34.6 Å². The Hall–Kier alpha value is -1.88. The van der Waals surface area contributed by atoms with Gasteiger partial charge in [0.05, 0.1) is 6.10 Å². The maximum absolute atomic E-state index is 12.2. The molecule has 0 saturated carbocycles. The molecule has 0 aliphatic heterocycles. The third-order valence-electron chi connectivity index (χ3n) is 3.60. The Morgan fingerprint density at radius 3 is 2.33 bits per heavy atom. The number of nitrogens with one attached hydrogen (secondary N) is 2. The number of aliphatic hydroxyl groups excluding tert-OH is 1. The molecule has 0 heterocycles. The molecule has 1 atom stereocenters. The predicted octanol–water partition coefficient (Wildman–Crippen LogP) is 3.12. The van der Waals surface area contributed by atoms with Crippen LogP contribution in [0.25, 0.3) is 0 Å². The fraction of sp³-hybridized carbons (Fsp3) is 0.579. The molecule has 0 radical (unpaired) electrons. The Bertz CT molecular complexity index is 568. The van der Waals surface area contributed by atoms with Crippen LogP contribution in [0.15, 0.2) is 18.2 Å². The molecular formula is C19H30N2O3. The average molecular weight is 334 g/mol. The zero-order chi connectivity index (χ0) is 18.3. The number of amides is 2. The first-order chi connectivity index (χ1) is 11.2. The molecule has 0 spiro atoms. The highest BCUT2D eigenvalue weighted by Crippen LogP contribution is 2.17. The quantitative estimate of drug-likeness (QED) is 0.683. The standard InChI is InChI=1S/C19H30N2O3/c1-12(2)8-16(22)11-20-19(24)15-6-7-17(14(5)10-15)21-18(23)9-13(3)4/h6-7,10,12-13,16,22H,8-9,11H2,1-5H3,(H,20,24)(H,21,23). The molecule has 1 aromatic rings. The molecule has 0 saturated heterocycles. The summed E-state index contributed by atoms with van der Waals surface area (Å²) in [7, 11) is 0. The van der Waals surface area contributed by atoms with Gasteiger partial charge < -0.3 is 15.7 Å². The Labute approximate surface area is 144 Å². The van der Waals surface area contributed by atoms with E-state index in [1.165, 1.54) is 0 Å². The maximum Gasteiger partial charge on any atom is 0.251 e. The average Bonchev–Trinajstić information content (AvgIpc) is 2.45. The van der Waals surface area contributed by atoms with Crippen molar-refractivity contribution in [2.75, 3.05) is 11.9 Å². The maximum atomic E-state index is 12.2. The van der Waals surface area contributed by atoms with Gasteiger partial charge in [-0.1, -0.05) is 27.7 Å². The molecule has 24 heavy (non-hydrogen) atoms. The number of aliphatic hydroxyl groups is 1. The number of hydrogen-bond donors (Lipinski definition) is 3. The molecule has 1 aromatic carbocycles. The lowest BCUT2D eigenvalue weighted by Crippen LogP contribution is -2.32. The fourth-order valence-corrected chi connectivity index (χ4v) is 2.46. The number of aryl methyl sites for hydroxylation is 1. The van der Waals surface area contributed by atoms with E-state index in [0.717, 1.165) is 11.3 Å². The van der Waals surface area contributed by atoms with Crippen LogP contribution in [-0.4, -0.2) is 29.6 Å². The second kappa shape index (κ2) is 9.42. The van der Waals surface area contributed by atoms with Gasteiger partial charge in [0, 0.05) is 24.2 Å². The number of rotatable bonds is 8. The molecular weight excluding hydrogens is 304 g/mol. The number of carbonyl (C=O) groups is 2. The fourth-order valence-electron chi connectivity index (χ4n) is 2.46. The molecule has 3 N–H and O–H groups in total. The summed E-state index contributed by atoms with van der Waals surface area (Å²) in [4.78, 5) is 24.0. The van der Waals surface area contributed by atoms with Crippen molar-refractivity contribution in [3.63, 3.8) is 0 Å². The van der Waals surface area contributed by atoms with Crippen molar-refractivity contribution in [2.45, 2.75) is 53.6 Å². The van der Waals surface area contributed by atoms with Crippen LogP contribution in [0.4, 0.5) is 5.69 Å². The van der Waals surface area contributed by atoms with Crippen LogP contribution in [0.2, 0.25) is 0 Å². The van der Waals surface area contributed by atoms with Crippen molar-refractivity contribution in [1.29, 1.82) is 0 Å². The number of carbonyl (C=O) groups excluding carboxylic acids is 2. The lowest BCUT2D eigenvalue weighted by Gasteiger charge is -2.15. The molecule has 1 unspecified atom stereocenters. The summed E-state index contributed by atoms with van der Waals surface area (Å²) >= 11 is 0. The van der Waals surface area contributed by atoms with Crippen LogP contribution in [0.5, 0.6) is 0 Å². The van der Waals surface area contributed by atoms with Gasteiger partial charge in [-0.15, -0.1) is 0 Å². The lowest BCUT2D eigenvalue weighted by atomic mass is 10.1. The zero-order valence-corrected chi connectivity index (χ0v) is 15.3. The molecule has 5 nitrogen and oxygen atoms in total. The molecule has 0 aliphatic rings. The van der Waals surface area contributed by atoms with E-state index in [1.54, 1.807) is 18.2 Å². The largest absolute Gasteiger partial charge is 0.391 e. The van der Waals surface area contributed by atoms with E-state index in [0.29, 0.717) is 30.2 Å². The van der Waals surface area contributed by atoms with Crippen LogP contribution < -0.4 is 10.6 Å². The van der Waals surface area contributed by atoms with Crippen LogP contribution in [0.1, 0.15) is 56.5 Å². The topological polar surface area (TPSA) is 78.4 Å². The summed E-state index contributed by atoms with van der Waals surface area (Å²) in [5.41, 5.74) is 2.07. The van der Waals surface area contributed by atoms with E-state index in [9.17, 15) is 14.7 Å². The van der Waals surface area contributed by atoms with Crippen molar-refractivity contribution < 1.29 is 14.7 Å². The highest BCUT2D eigenvalue weighted by Gasteiger charge is 2.12. The van der Waals surface area contributed by atoms with E-state index in [-0.39, 0.29) is 18.4 Å². The van der Waals surface area contributed by atoms with Crippen LogP contribution in [-0.2, 0) is 4.79 Å². The Morgan fingerprint density at radius 2 is 1.79 bits per heavy atom. The van der Waals surface area contributed by atoms with Crippen LogP contribution >= 0.6 is 0 Å². The minimum Gasteiger partial charge on any atom is -0.391 e. The summed E-state index contributed by atoms with van der Waals surface area (Å²) in [6.45, 7) is 10.1. The number of benzene rings is 1. The van der Waals surface area contributed by atoms with Gasteiger partial charge in [-0.05, 0) is 48.9 Å². The summed E-state index contributed by atoms with van der Waals surface area (Å²) in [6, 6.07) is 5.17. The normalized spacial score (nSPS) is 12.3. The van der Waals surface area contributed by atoms with Gasteiger partial charge in [0.25, 0.3) is 5.91 Å². The highest BCUT2D eigenvalue weighted by molar-refractivity contribution is 5.96. The Morgan fingerprint density at radius 1 is 1.12 bits per heavy atom. The third kappa shape index (κ3) is 7.13. The van der Waals surface area contributed by atoms with Gasteiger partial charge in [0.2, 0.25) is 5.91 Å². The zero-order valence-electron chi connectivity index (χ0n) is 15.3. The monoisotopic (exact) mass is 334 g/mol. The molecule has 0 bridgehead atoms. The molecule has 0 aromatic heterocycles. The molecule has 2 amide bonds. The van der Waals surface area contributed by atoms with Gasteiger partial charge in [0.15, 0.2) is 0 Å². The first kappa shape index (κ1) is 20.2. The second-order valence-electron chi connectivity index (χ2n) is 7.17. The van der Waals surface area contributed by atoms with Gasteiger partial charge in [-0.3, -0.25) is 9.59 Å². The van der Waals surface area contributed by atoms with Gasteiger partial charge in [0.1, 0.15) is 0 Å². The first-order valence-electron chi connectivity index (χ1n) is 8.55. The van der Waals surface area contributed by atoms with Gasteiger partial charge >= 0.3 is 0 Å². The summed E-state index contributed by atoms with van der Waals surface area (Å²) in [5, 5.41) is 15.4. The highest BCUT2D eigenvalue weighted by atomic mass is 16.3. The lowest BCUT2D eigenvalue weighted by molar-refractivity contribution is -0.116. The third-order valence-corrected chi connectivity index (χ3v) is 3.60. The molecule has 0 aliphatic carbocycles. The molecule has 0 fully saturated rings. The van der Waals surface area contributed by atoms with E-state index in [2.05, 4.69) is 10.6 Å². The summed E-state index contributed by atoms with van der Waals surface area (Å²) in [6.07, 6.45) is 0.583. The summed E-state index contributed by atoms with van der Waals surface area (Å²) < 4.78 is 0. The van der Waals surface area contributed by atoms with Crippen molar-refractivity contribution in [3.05, 3.63) is 29.3 Å². The minimum atomic E-state index is -0.537. The van der Waals surface area contributed by atoms with Crippen molar-refractivity contribution in [1.82, 2.24) is 5.32 Å². The van der Waals surface area contributed by atoms with Gasteiger partial charge in [-0.25, -0.2) is 0 Å². The van der Waals surface area contributed by atoms with Gasteiger partial charge in [-0.2, -0.15) is 0 Å². The first-order valence-corrected chi connectivity index (χ1v) is 8.55. The van der Waals surface area contributed by atoms with Crippen molar-refractivity contribution >= 4 is 17.5 Å². The van der Waals surface area contributed by atoms with Crippen molar-refractivity contribution in [2.24, 2.45) is 11.8 Å². The van der Waals surface area contributed by atoms with Crippen LogP contribution in [0, 0.1) is 18.8 Å². The minimum absolute atomic E-state index is 0.0258. The predicted molar refractivity (Wildman–Crippen MR) is 97.1 cm³/mol.